The lowest BCUT2D eigenvalue weighted by molar-refractivity contribution is -0.148. The summed E-state index contributed by atoms with van der Waals surface area (Å²) in [6.07, 6.45) is 5.08. The van der Waals surface area contributed by atoms with Crippen LogP contribution in [0.15, 0.2) is 48.7 Å². The van der Waals surface area contributed by atoms with Crippen molar-refractivity contribution in [2.24, 2.45) is 0 Å². The number of carbonyl (C=O) groups is 1. The Morgan fingerprint density at radius 3 is 2.57 bits per heavy atom. The van der Waals surface area contributed by atoms with Gasteiger partial charge in [0.2, 0.25) is 0 Å². The van der Waals surface area contributed by atoms with E-state index in [1.54, 1.807) is 6.08 Å². The number of carbonyl (C=O) groups excluding carboxylic acids is 1. The molecule has 0 bridgehead atoms. The van der Waals surface area contributed by atoms with E-state index in [9.17, 15) is 4.79 Å². The monoisotopic (exact) mass is 383 g/mol. The third-order valence-corrected chi connectivity index (χ3v) is 4.35. The molecule has 150 valence electrons. The molecule has 3 rings (SSSR count). The fourth-order valence-electron chi connectivity index (χ4n) is 3.25. The minimum atomic E-state index is -0.626. The number of aromatic nitrogens is 1. The molecule has 1 aromatic carbocycles. The highest BCUT2D eigenvalue weighted by molar-refractivity contribution is 5.87. The summed E-state index contributed by atoms with van der Waals surface area (Å²) in [6, 6.07) is 12.2. The molecule has 1 saturated heterocycles. The molecule has 1 aliphatic heterocycles. The molecular formula is C23H29NO4. The molecule has 5 nitrogen and oxygen atoms in total. The zero-order chi connectivity index (χ0) is 20.4. The fraction of sp³-hybridized carbons (Fsp3) is 0.435. The van der Waals surface area contributed by atoms with Gasteiger partial charge in [-0.1, -0.05) is 30.3 Å². The largest absolute Gasteiger partial charge is 0.457 e. The van der Waals surface area contributed by atoms with E-state index in [4.69, 9.17) is 14.2 Å². The second-order valence-electron chi connectivity index (χ2n) is 8.45. The van der Waals surface area contributed by atoms with Crippen LogP contribution in [-0.2, 0) is 25.5 Å². The van der Waals surface area contributed by atoms with E-state index in [2.05, 4.69) is 16.7 Å². The first-order valence-electron chi connectivity index (χ1n) is 9.59. The molecule has 28 heavy (non-hydrogen) atoms. The van der Waals surface area contributed by atoms with Crippen molar-refractivity contribution < 1.29 is 19.0 Å². The average Bonchev–Trinajstić information content (AvgIpc) is 3.15. The molecule has 0 radical (unpaired) electrons. The van der Waals surface area contributed by atoms with Crippen molar-refractivity contribution in [1.82, 2.24) is 4.57 Å². The molecule has 1 fully saturated rings. The van der Waals surface area contributed by atoms with Crippen LogP contribution in [0, 0.1) is 0 Å². The number of benzene rings is 1. The molecule has 0 N–H and O–H groups in total. The number of hydrogen-bond donors (Lipinski definition) is 0. The maximum absolute atomic E-state index is 12.1. The van der Waals surface area contributed by atoms with Gasteiger partial charge in [-0.05, 0) is 57.9 Å². The molecule has 2 aromatic rings. The van der Waals surface area contributed by atoms with E-state index in [0.717, 1.165) is 17.8 Å². The quantitative estimate of drug-likeness (QED) is 0.554. The predicted molar refractivity (Wildman–Crippen MR) is 109 cm³/mol. The van der Waals surface area contributed by atoms with Crippen LogP contribution in [0.5, 0.6) is 0 Å². The zero-order valence-corrected chi connectivity index (χ0v) is 17.3. The molecular weight excluding hydrogens is 354 g/mol. The summed E-state index contributed by atoms with van der Waals surface area (Å²) in [6.45, 7) is 10.6. The van der Waals surface area contributed by atoms with Gasteiger partial charge in [0.25, 0.3) is 0 Å². The van der Waals surface area contributed by atoms with Crippen molar-refractivity contribution in [2.45, 2.75) is 58.7 Å². The molecule has 1 aliphatic rings. The average molecular weight is 383 g/mol. The van der Waals surface area contributed by atoms with Gasteiger partial charge in [0, 0.05) is 18.8 Å². The first-order valence-corrected chi connectivity index (χ1v) is 9.59. The molecule has 0 spiro atoms. The highest BCUT2D eigenvalue weighted by Crippen LogP contribution is 2.35. The lowest BCUT2D eigenvalue weighted by Gasteiger charge is -2.19. The Labute approximate surface area is 166 Å². The van der Waals surface area contributed by atoms with Gasteiger partial charge < -0.3 is 18.8 Å². The Balaban J connectivity index is 1.88. The summed E-state index contributed by atoms with van der Waals surface area (Å²) < 4.78 is 19.4. The van der Waals surface area contributed by atoms with Crippen LogP contribution >= 0.6 is 0 Å². The molecule has 1 aromatic heterocycles. The van der Waals surface area contributed by atoms with E-state index in [1.807, 2.05) is 65.1 Å². The van der Waals surface area contributed by atoms with Gasteiger partial charge >= 0.3 is 5.97 Å². The van der Waals surface area contributed by atoms with Crippen molar-refractivity contribution in [3.8, 4) is 0 Å². The normalized spacial score (nSPS) is 19.2. The second-order valence-corrected chi connectivity index (χ2v) is 8.45. The molecule has 0 aliphatic carbocycles. The molecule has 0 amide bonds. The van der Waals surface area contributed by atoms with Crippen molar-refractivity contribution in [1.29, 1.82) is 0 Å². The zero-order valence-electron chi connectivity index (χ0n) is 17.3. The van der Waals surface area contributed by atoms with E-state index >= 15 is 0 Å². The van der Waals surface area contributed by atoms with E-state index < -0.39 is 11.4 Å². The van der Waals surface area contributed by atoms with Gasteiger partial charge in [0.15, 0.2) is 5.79 Å². The van der Waals surface area contributed by atoms with Crippen molar-refractivity contribution in [3.63, 3.8) is 0 Å². The third-order valence-electron chi connectivity index (χ3n) is 4.35. The Kier molecular flexibility index (Phi) is 5.77. The summed E-state index contributed by atoms with van der Waals surface area (Å²) in [5.74, 6) is -0.989. The van der Waals surface area contributed by atoms with Crippen molar-refractivity contribution in [2.75, 3.05) is 6.61 Å². The van der Waals surface area contributed by atoms with Gasteiger partial charge in [-0.25, -0.2) is 4.79 Å². The van der Waals surface area contributed by atoms with Crippen molar-refractivity contribution in [3.05, 3.63) is 65.5 Å². The lowest BCUT2D eigenvalue weighted by Crippen LogP contribution is -2.22. The number of hydrogen-bond acceptors (Lipinski definition) is 4. The number of nitrogens with zero attached hydrogens (tertiary/aromatic N) is 1. The Bertz CT molecular complexity index is 843. The fourth-order valence-corrected chi connectivity index (χ4v) is 3.25. The molecule has 2 heterocycles. The van der Waals surface area contributed by atoms with Gasteiger partial charge in [0.1, 0.15) is 11.7 Å². The van der Waals surface area contributed by atoms with Gasteiger partial charge in [0.05, 0.1) is 12.3 Å². The van der Waals surface area contributed by atoms with Gasteiger partial charge in [-0.3, -0.25) is 0 Å². The number of esters is 1. The number of ether oxygens (including phenoxy) is 3. The topological polar surface area (TPSA) is 49.7 Å². The molecule has 1 atom stereocenters. The highest BCUT2D eigenvalue weighted by Gasteiger charge is 2.36. The van der Waals surface area contributed by atoms with Crippen LogP contribution < -0.4 is 0 Å². The summed E-state index contributed by atoms with van der Waals surface area (Å²) in [7, 11) is 0. The second kappa shape index (κ2) is 7.94. The summed E-state index contributed by atoms with van der Waals surface area (Å²) in [5.41, 5.74) is 2.60. The lowest BCUT2D eigenvalue weighted by atomic mass is 10.1. The van der Waals surface area contributed by atoms with Crippen LogP contribution in [-0.4, -0.2) is 28.5 Å². The molecule has 5 heteroatoms. The predicted octanol–water partition coefficient (Wildman–Crippen LogP) is 4.72. The van der Waals surface area contributed by atoms with E-state index in [1.165, 1.54) is 11.6 Å². The van der Waals surface area contributed by atoms with Gasteiger partial charge in [-0.2, -0.15) is 0 Å². The summed E-state index contributed by atoms with van der Waals surface area (Å²) >= 11 is 0. The SMILES string of the molecule is CC(C)(C)OC(=O)/C=C/c1ccn(Cc2ccccc2)c1[C@H]1COC(C)(C)O1. The van der Waals surface area contributed by atoms with Crippen LogP contribution in [0.1, 0.15) is 57.5 Å². The smallest absolute Gasteiger partial charge is 0.331 e. The van der Waals surface area contributed by atoms with Gasteiger partial charge in [-0.15, -0.1) is 0 Å². The summed E-state index contributed by atoms with van der Waals surface area (Å²) in [5, 5.41) is 0. The van der Waals surface area contributed by atoms with E-state index in [-0.39, 0.29) is 12.1 Å². The standard InChI is InChI=1S/C23H29NO4/c1-22(2,3)28-20(25)12-11-18-13-14-24(15-17-9-7-6-8-10-17)21(18)19-16-26-23(4,5)27-19/h6-14,19H,15-16H2,1-5H3/b12-11+/t19-/m1/s1. The first kappa shape index (κ1) is 20.4. The first-order chi connectivity index (χ1) is 13.1. The minimum Gasteiger partial charge on any atom is -0.457 e. The van der Waals surface area contributed by atoms with Crippen molar-refractivity contribution >= 4 is 12.0 Å². The Morgan fingerprint density at radius 2 is 1.96 bits per heavy atom. The van der Waals surface area contributed by atoms with Crippen LogP contribution in [0.2, 0.25) is 0 Å². The maximum atomic E-state index is 12.1. The Morgan fingerprint density at radius 1 is 1.25 bits per heavy atom. The number of rotatable bonds is 5. The molecule has 0 unspecified atom stereocenters. The Hall–Kier alpha value is -2.37. The third kappa shape index (κ3) is 5.33. The van der Waals surface area contributed by atoms with E-state index in [0.29, 0.717) is 6.61 Å². The summed E-state index contributed by atoms with van der Waals surface area (Å²) in [4.78, 5) is 12.1. The van der Waals surface area contributed by atoms with Crippen LogP contribution in [0.4, 0.5) is 0 Å². The minimum absolute atomic E-state index is 0.202. The van der Waals surface area contributed by atoms with Crippen LogP contribution in [0.3, 0.4) is 0 Å². The molecule has 0 saturated carbocycles. The highest BCUT2D eigenvalue weighted by atomic mass is 16.7. The maximum Gasteiger partial charge on any atom is 0.331 e. The van der Waals surface area contributed by atoms with Crippen LogP contribution in [0.25, 0.3) is 6.08 Å².